The molecule has 1 aliphatic rings. The van der Waals surface area contributed by atoms with Crippen LogP contribution in [0, 0.1) is 5.41 Å². The first-order valence-electron chi connectivity index (χ1n) is 6.26. The summed E-state index contributed by atoms with van der Waals surface area (Å²) in [4.78, 5) is 2.46. The monoisotopic (exact) mass is 316 g/mol. The van der Waals surface area contributed by atoms with Crippen molar-refractivity contribution in [1.82, 2.24) is 10.2 Å². The Hall–Kier alpha value is 0.1000. The van der Waals surface area contributed by atoms with Gasteiger partial charge in [-0.3, -0.25) is 0 Å². The van der Waals surface area contributed by atoms with Gasteiger partial charge in [-0.1, -0.05) is 6.92 Å². The predicted octanol–water partition coefficient (Wildman–Crippen LogP) is 3.33. The smallest absolute Gasteiger partial charge is 0.0701 e. The largest absolute Gasteiger partial charge is 0.316 e. The van der Waals surface area contributed by atoms with Crippen molar-refractivity contribution in [2.75, 3.05) is 26.7 Å². The van der Waals surface area contributed by atoms with Crippen molar-refractivity contribution in [1.29, 1.82) is 0 Å². The maximum Gasteiger partial charge on any atom is 0.0701 e. The van der Waals surface area contributed by atoms with Gasteiger partial charge in [0.2, 0.25) is 0 Å². The zero-order valence-electron chi connectivity index (χ0n) is 10.6. The van der Waals surface area contributed by atoms with Crippen LogP contribution in [0.15, 0.2) is 15.2 Å². The second kappa shape index (κ2) is 5.83. The first kappa shape index (κ1) is 13.5. The number of rotatable bonds is 5. The van der Waals surface area contributed by atoms with Crippen molar-refractivity contribution in [3.8, 4) is 0 Å². The Kier molecular flexibility index (Phi) is 4.64. The van der Waals surface area contributed by atoms with Gasteiger partial charge >= 0.3 is 0 Å². The SMILES string of the molecule is CCC1(CN(C)Cc2csc(Br)c2)CCNC1. The van der Waals surface area contributed by atoms with E-state index >= 15 is 0 Å². The fourth-order valence-electron chi connectivity index (χ4n) is 2.71. The number of halogens is 1. The molecular formula is C13H21BrN2S. The lowest BCUT2D eigenvalue weighted by Gasteiger charge is -2.31. The minimum atomic E-state index is 0.502. The molecule has 2 nitrogen and oxygen atoms in total. The van der Waals surface area contributed by atoms with Crippen LogP contribution in [-0.2, 0) is 6.54 Å². The van der Waals surface area contributed by atoms with E-state index < -0.39 is 0 Å². The number of hydrogen-bond acceptors (Lipinski definition) is 3. The topological polar surface area (TPSA) is 15.3 Å². The Morgan fingerprint density at radius 3 is 2.94 bits per heavy atom. The van der Waals surface area contributed by atoms with Gasteiger partial charge in [0.25, 0.3) is 0 Å². The van der Waals surface area contributed by atoms with Crippen molar-refractivity contribution < 1.29 is 0 Å². The summed E-state index contributed by atoms with van der Waals surface area (Å²) in [5.41, 5.74) is 1.92. The van der Waals surface area contributed by atoms with Gasteiger partial charge in [0.1, 0.15) is 0 Å². The maximum absolute atomic E-state index is 3.52. The summed E-state index contributed by atoms with van der Waals surface area (Å²) in [7, 11) is 2.24. The second-order valence-corrected chi connectivity index (χ2v) is 7.50. The summed E-state index contributed by atoms with van der Waals surface area (Å²) in [6, 6.07) is 2.23. The van der Waals surface area contributed by atoms with E-state index in [0.717, 1.165) is 6.54 Å². The van der Waals surface area contributed by atoms with Gasteiger partial charge in [-0.05, 0) is 64.8 Å². The fraction of sp³-hybridized carbons (Fsp3) is 0.692. The molecule has 1 aliphatic heterocycles. The van der Waals surface area contributed by atoms with E-state index in [0.29, 0.717) is 5.41 Å². The molecule has 0 amide bonds. The summed E-state index contributed by atoms with van der Waals surface area (Å²) >= 11 is 5.30. The lowest BCUT2D eigenvalue weighted by atomic mass is 9.84. The Labute approximate surface area is 117 Å². The molecule has 1 saturated heterocycles. The third kappa shape index (κ3) is 3.53. The third-order valence-corrected chi connectivity index (χ3v) is 5.31. The highest BCUT2D eigenvalue weighted by atomic mass is 79.9. The van der Waals surface area contributed by atoms with Crippen LogP contribution in [0.3, 0.4) is 0 Å². The van der Waals surface area contributed by atoms with E-state index in [1.54, 1.807) is 11.3 Å². The average molecular weight is 317 g/mol. The van der Waals surface area contributed by atoms with Gasteiger partial charge in [0.15, 0.2) is 0 Å². The fourth-order valence-corrected chi connectivity index (χ4v) is 3.91. The maximum atomic E-state index is 3.52. The standard InChI is InChI=1S/C13H21BrN2S/c1-3-13(4-5-15-9-13)10-16(2)7-11-6-12(14)17-8-11/h6,8,15H,3-5,7,9-10H2,1-2H3. The summed E-state index contributed by atoms with van der Waals surface area (Å²) in [5.74, 6) is 0. The molecule has 1 unspecified atom stereocenters. The highest BCUT2D eigenvalue weighted by molar-refractivity contribution is 9.11. The number of thiophene rings is 1. The molecule has 0 radical (unpaired) electrons. The summed E-state index contributed by atoms with van der Waals surface area (Å²) < 4.78 is 1.23. The van der Waals surface area contributed by atoms with Crippen molar-refractivity contribution >= 4 is 27.3 Å². The molecule has 1 fully saturated rings. The molecule has 2 rings (SSSR count). The van der Waals surface area contributed by atoms with E-state index in [9.17, 15) is 0 Å². The van der Waals surface area contributed by atoms with Crippen LogP contribution < -0.4 is 5.32 Å². The highest BCUT2D eigenvalue weighted by Gasteiger charge is 2.32. The molecule has 0 saturated carbocycles. The Morgan fingerprint density at radius 2 is 2.41 bits per heavy atom. The van der Waals surface area contributed by atoms with E-state index in [-0.39, 0.29) is 0 Å². The van der Waals surface area contributed by atoms with Gasteiger partial charge in [0, 0.05) is 19.6 Å². The van der Waals surface area contributed by atoms with Crippen LogP contribution in [-0.4, -0.2) is 31.6 Å². The average Bonchev–Trinajstić information content (AvgIpc) is 2.89. The van der Waals surface area contributed by atoms with Crippen molar-refractivity contribution in [2.45, 2.75) is 26.3 Å². The number of nitrogens with one attached hydrogen (secondary N) is 1. The van der Waals surface area contributed by atoms with E-state index in [4.69, 9.17) is 0 Å². The van der Waals surface area contributed by atoms with Crippen LogP contribution in [0.1, 0.15) is 25.3 Å². The highest BCUT2D eigenvalue weighted by Crippen LogP contribution is 2.31. The van der Waals surface area contributed by atoms with E-state index in [1.165, 1.54) is 41.8 Å². The summed E-state index contributed by atoms with van der Waals surface area (Å²) in [6.07, 6.45) is 2.60. The molecule has 0 aromatic carbocycles. The lowest BCUT2D eigenvalue weighted by molar-refractivity contribution is 0.180. The van der Waals surface area contributed by atoms with Crippen molar-refractivity contribution in [3.63, 3.8) is 0 Å². The molecule has 2 heterocycles. The first-order chi connectivity index (χ1) is 8.13. The minimum absolute atomic E-state index is 0.502. The predicted molar refractivity (Wildman–Crippen MR) is 78.6 cm³/mol. The molecule has 0 bridgehead atoms. The van der Waals surface area contributed by atoms with Gasteiger partial charge in [0.05, 0.1) is 3.79 Å². The Bertz CT molecular complexity index is 358. The molecule has 1 aromatic rings. The van der Waals surface area contributed by atoms with Crippen LogP contribution in [0.5, 0.6) is 0 Å². The molecule has 1 N–H and O–H groups in total. The molecule has 0 spiro atoms. The molecule has 1 atom stereocenters. The molecule has 17 heavy (non-hydrogen) atoms. The van der Waals surface area contributed by atoms with Gasteiger partial charge < -0.3 is 10.2 Å². The molecule has 96 valence electrons. The third-order valence-electron chi connectivity index (χ3n) is 3.76. The van der Waals surface area contributed by atoms with Crippen molar-refractivity contribution in [2.24, 2.45) is 5.41 Å². The quantitative estimate of drug-likeness (QED) is 0.896. The van der Waals surface area contributed by atoms with Crippen LogP contribution in [0.25, 0.3) is 0 Å². The second-order valence-electron chi connectivity index (χ2n) is 5.21. The summed E-state index contributed by atoms with van der Waals surface area (Å²) in [6.45, 7) is 6.95. The molecule has 0 aliphatic carbocycles. The van der Waals surface area contributed by atoms with Gasteiger partial charge in [-0.25, -0.2) is 0 Å². The van der Waals surface area contributed by atoms with Crippen LogP contribution in [0.4, 0.5) is 0 Å². The van der Waals surface area contributed by atoms with Gasteiger partial charge in [-0.15, -0.1) is 11.3 Å². The normalized spacial score (nSPS) is 24.7. The minimum Gasteiger partial charge on any atom is -0.316 e. The lowest BCUT2D eigenvalue weighted by Crippen LogP contribution is -2.36. The van der Waals surface area contributed by atoms with E-state index in [2.05, 4.69) is 51.6 Å². The van der Waals surface area contributed by atoms with E-state index in [1.807, 2.05) is 0 Å². The van der Waals surface area contributed by atoms with Crippen LogP contribution >= 0.6 is 27.3 Å². The Balaban J connectivity index is 1.90. The molecule has 1 aromatic heterocycles. The zero-order valence-corrected chi connectivity index (χ0v) is 13.0. The van der Waals surface area contributed by atoms with Gasteiger partial charge in [-0.2, -0.15) is 0 Å². The molecular weight excluding hydrogens is 296 g/mol. The molecule has 4 heteroatoms. The first-order valence-corrected chi connectivity index (χ1v) is 7.93. The zero-order chi connectivity index (χ0) is 12.3. The summed E-state index contributed by atoms with van der Waals surface area (Å²) in [5, 5.41) is 5.75. The number of hydrogen-bond donors (Lipinski definition) is 1. The Morgan fingerprint density at radius 1 is 1.59 bits per heavy atom. The number of nitrogens with zero attached hydrogens (tertiary/aromatic N) is 1. The van der Waals surface area contributed by atoms with Crippen LogP contribution in [0.2, 0.25) is 0 Å². The van der Waals surface area contributed by atoms with Crippen molar-refractivity contribution in [3.05, 3.63) is 20.8 Å².